The molecule has 1 heterocycles. The Morgan fingerprint density at radius 2 is 1.83 bits per heavy atom. The van der Waals surface area contributed by atoms with Gasteiger partial charge in [-0.15, -0.1) is 0 Å². The Morgan fingerprint density at radius 1 is 1.17 bits per heavy atom. The zero-order valence-electron chi connectivity index (χ0n) is 6.29. The molecule has 0 aromatic rings. The van der Waals surface area contributed by atoms with Gasteiger partial charge >= 0.3 is 6.03 Å². The monoisotopic (exact) mass is 168 g/mol. The fourth-order valence-corrected chi connectivity index (χ4v) is 1.53. The summed E-state index contributed by atoms with van der Waals surface area (Å²) in [5, 5.41) is 4.60. The maximum Gasteiger partial charge on any atom is 0.322 e. The molecular weight excluding hydrogens is 160 g/mol. The van der Waals surface area contributed by atoms with Gasteiger partial charge in [0.05, 0.1) is 0 Å². The molecule has 5 nitrogen and oxygen atoms in total. The van der Waals surface area contributed by atoms with Crippen molar-refractivity contribution in [2.45, 2.75) is 18.9 Å². The van der Waals surface area contributed by atoms with Crippen LogP contribution in [-0.4, -0.2) is 23.8 Å². The van der Waals surface area contributed by atoms with E-state index in [-0.39, 0.29) is 17.6 Å². The second kappa shape index (κ2) is 2.30. The van der Waals surface area contributed by atoms with Gasteiger partial charge in [0.1, 0.15) is 11.8 Å². The minimum absolute atomic E-state index is 0.0175. The molecule has 2 N–H and O–H groups in total. The Hall–Kier alpha value is -1.39. The normalized spacial score (nSPS) is 29.7. The maximum absolute atomic E-state index is 11.0. The molecule has 1 atom stereocenters. The Balaban J connectivity index is 2.01. The zero-order chi connectivity index (χ0) is 8.72. The number of ketones is 1. The van der Waals surface area contributed by atoms with Crippen LogP contribution in [0.4, 0.5) is 4.79 Å². The average molecular weight is 168 g/mol. The van der Waals surface area contributed by atoms with Gasteiger partial charge in [-0.3, -0.25) is 14.9 Å². The minimum Gasteiger partial charge on any atom is -0.326 e. The van der Waals surface area contributed by atoms with Crippen LogP contribution in [0.15, 0.2) is 0 Å². The van der Waals surface area contributed by atoms with E-state index < -0.39 is 12.1 Å². The van der Waals surface area contributed by atoms with Crippen LogP contribution in [0.3, 0.4) is 0 Å². The highest BCUT2D eigenvalue weighted by Crippen LogP contribution is 2.27. The van der Waals surface area contributed by atoms with E-state index in [9.17, 15) is 14.4 Å². The van der Waals surface area contributed by atoms with Crippen molar-refractivity contribution >= 4 is 17.7 Å². The lowest BCUT2D eigenvalue weighted by Crippen LogP contribution is -2.43. The van der Waals surface area contributed by atoms with E-state index in [2.05, 4.69) is 10.6 Å². The predicted molar refractivity (Wildman–Crippen MR) is 38.2 cm³/mol. The van der Waals surface area contributed by atoms with Crippen molar-refractivity contribution in [3.8, 4) is 0 Å². The average Bonchev–Trinajstić information content (AvgIpc) is 2.23. The van der Waals surface area contributed by atoms with Crippen molar-refractivity contribution in [3.05, 3.63) is 0 Å². The molecule has 12 heavy (non-hydrogen) atoms. The van der Waals surface area contributed by atoms with E-state index >= 15 is 0 Å². The van der Waals surface area contributed by atoms with E-state index in [1.165, 1.54) is 0 Å². The van der Waals surface area contributed by atoms with Crippen LogP contribution in [0.5, 0.6) is 0 Å². The van der Waals surface area contributed by atoms with E-state index in [1.54, 1.807) is 0 Å². The number of nitrogens with one attached hydrogen (secondary N) is 2. The largest absolute Gasteiger partial charge is 0.326 e. The summed E-state index contributed by atoms with van der Waals surface area (Å²) in [5.41, 5.74) is 0. The van der Waals surface area contributed by atoms with Crippen LogP contribution in [0.1, 0.15) is 12.8 Å². The Kier molecular flexibility index (Phi) is 1.39. The fraction of sp³-hybridized carbons (Fsp3) is 0.571. The van der Waals surface area contributed by atoms with Crippen molar-refractivity contribution < 1.29 is 14.4 Å². The third-order valence-corrected chi connectivity index (χ3v) is 2.26. The highest BCUT2D eigenvalue weighted by atomic mass is 16.2. The van der Waals surface area contributed by atoms with Gasteiger partial charge in [0, 0.05) is 18.8 Å². The van der Waals surface area contributed by atoms with Crippen molar-refractivity contribution in [2.75, 3.05) is 0 Å². The number of carbonyl (C=O) groups excluding carboxylic acids is 3. The predicted octanol–water partition coefficient (Wildman–Crippen LogP) is -0.827. The van der Waals surface area contributed by atoms with Crippen molar-refractivity contribution in [3.63, 3.8) is 0 Å². The van der Waals surface area contributed by atoms with E-state index in [1.807, 2.05) is 0 Å². The first-order valence-corrected chi connectivity index (χ1v) is 3.80. The minimum atomic E-state index is -0.477. The molecule has 1 aliphatic heterocycles. The van der Waals surface area contributed by atoms with Crippen LogP contribution in [0.2, 0.25) is 0 Å². The van der Waals surface area contributed by atoms with Crippen molar-refractivity contribution in [1.82, 2.24) is 10.6 Å². The first-order chi connectivity index (χ1) is 5.66. The fourth-order valence-electron chi connectivity index (χ4n) is 1.53. The van der Waals surface area contributed by atoms with Gasteiger partial charge in [-0.1, -0.05) is 0 Å². The molecule has 2 rings (SSSR count). The summed E-state index contributed by atoms with van der Waals surface area (Å²) >= 11 is 0. The molecule has 64 valence electrons. The molecular formula is C7H8N2O3. The van der Waals surface area contributed by atoms with Gasteiger partial charge in [0.2, 0.25) is 0 Å². The molecule has 0 bridgehead atoms. The number of hydrogen-bond acceptors (Lipinski definition) is 3. The molecule has 0 aromatic carbocycles. The molecule has 0 aromatic heterocycles. The summed E-state index contributed by atoms with van der Waals surface area (Å²) in [5.74, 6) is -0.129. The smallest absolute Gasteiger partial charge is 0.322 e. The van der Waals surface area contributed by atoms with Gasteiger partial charge in [0.15, 0.2) is 0 Å². The van der Waals surface area contributed by atoms with Crippen LogP contribution in [-0.2, 0) is 9.59 Å². The molecule has 1 saturated heterocycles. The summed E-state index contributed by atoms with van der Waals surface area (Å²) in [4.78, 5) is 32.3. The topological polar surface area (TPSA) is 75.3 Å². The summed E-state index contributed by atoms with van der Waals surface area (Å²) in [6.07, 6.45) is 0.830. The summed E-state index contributed by atoms with van der Waals surface area (Å²) in [6, 6.07) is -0.931. The van der Waals surface area contributed by atoms with Crippen LogP contribution in [0.25, 0.3) is 0 Å². The summed E-state index contributed by atoms with van der Waals surface area (Å²) < 4.78 is 0. The lowest BCUT2D eigenvalue weighted by Gasteiger charge is -2.27. The van der Waals surface area contributed by atoms with Crippen LogP contribution < -0.4 is 10.6 Å². The standard InChI is InChI=1S/C7H8N2O3/c10-4-1-3(2-4)5-6(11)9-7(12)8-5/h3,5H,1-2H2,(H2,8,9,11,12)/t5-/m1/s1. The SMILES string of the molecule is O=C1CC([C@H]2NC(=O)NC2=O)C1. The number of rotatable bonds is 1. The molecule has 1 aliphatic carbocycles. The van der Waals surface area contributed by atoms with E-state index in [0.717, 1.165) is 0 Å². The number of amides is 3. The third kappa shape index (κ3) is 0.975. The highest BCUT2D eigenvalue weighted by molar-refractivity contribution is 6.05. The number of carbonyl (C=O) groups is 3. The van der Waals surface area contributed by atoms with Gasteiger partial charge in [0.25, 0.3) is 5.91 Å². The van der Waals surface area contributed by atoms with Crippen molar-refractivity contribution in [2.24, 2.45) is 5.92 Å². The molecule has 2 fully saturated rings. The van der Waals surface area contributed by atoms with Gasteiger partial charge in [-0.25, -0.2) is 4.79 Å². The van der Waals surface area contributed by atoms with Gasteiger partial charge < -0.3 is 5.32 Å². The van der Waals surface area contributed by atoms with E-state index in [4.69, 9.17) is 0 Å². The number of hydrogen-bond donors (Lipinski definition) is 2. The number of urea groups is 1. The van der Waals surface area contributed by atoms with Crippen LogP contribution >= 0.6 is 0 Å². The zero-order valence-corrected chi connectivity index (χ0v) is 6.29. The maximum atomic E-state index is 11.0. The summed E-state index contributed by atoms with van der Waals surface area (Å²) in [6.45, 7) is 0. The first-order valence-electron chi connectivity index (χ1n) is 3.80. The number of imide groups is 1. The summed E-state index contributed by atoms with van der Waals surface area (Å²) in [7, 11) is 0. The Bertz CT molecular complexity index is 266. The Morgan fingerprint density at radius 3 is 2.25 bits per heavy atom. The van der Waals surface area contributed by atoms with E-state index in [0.29, 0.717) is 12.8 Å². The van der Waals surface area contributed by atoms with Gasteiger partial charge in [-0.2, -0.15) is 0 Å². The molecule has 1 saturated carbocycles. The molecule has 2 aliphatic rings. The number of Topliss-reactive ketones (excluding diaryl/α,β-unsaturated/α-hetero) is 1. The van der Waals surface area contributed by atoms with Crippen molar-refractivity contribution in [1.29, 1.82) is 0 Å². The highest BCUT2D eigenvalue weighted by Gasteiger charge is 2.42. The lowest BCUT2D eigenvalue weighted by atomic mass is 9.78. The second-order valence-corrected chi connectivity index (χ2v) is 3.15. The quantitative estimate of drug-likeness (QED) is 0.502. The first kappa shape index (κ1) is 7.27. The molecule has 0 radical (unpaired) electrons. The molecule has 5 heteroatoms. The molecule has 0 spiro atoms. The molecule has 0 unspecified atom stereocenters. The lowest BCUT2D eigenvalue weighted by molar-refractivity contribution is -0.130. The second-order valence-electron chi connectivity index (χ2n) is 3.15. The third-order valence-electron chi connectivity index (χ3n) is 2.26. The van der Waals surface area contributed by atoms with Crippen LogP contribution in [0, 0.1) is 5.92 Å². The molecule has 3 amide bonds. The van der Waals surface area contributed by atoms with Gasteiger partial charge in [-0.05, 0) is 0 Å². The Labute approximate surface area is 68.5 Å².